The average molecular weight is 277 g/mol. The van der Waals surface area contributed by atoms with E-state index in [1.165, 1.54) is 4.90 Å². The van der Waals surface area contributed by atoms with Gasteiger partial charge >= 0.3 is 5.97 Å². The molecular formula is C15H19NO4. The molecule has 0 unspecified atom stereocenters. The lowest BCUT2D eigenvalue weighted by Crippen LogP contribution is -2.29. The summed E-state index contributed by atoms with van der Waals surface area (Å²) in [6.45, 7) is 0.130. The van der Waals surface area contributed by atoms with E-state index in [0.717, 1.165) is 36.8 Å². The number of aryl methyl sites for hydroxylation is 1. The van der Waals surface area contributed by atoms with Crippen molar-refractivity contribution in [1.82, 2.24) is 4.90 Å². The van der Waals surface area contributed by atoms with Crippen LogP contribution in [0.1, 0.15) is 40.7 Å². The third-order valence-electron chi connectivity index (χ3n) is 3.74. The van der Waals surface area contributed by atoms with Crippen molar-refractivity contribution in [3.05, 3.63) is 28.8 Å². The van der Waals surface area contributed by atoms with Gasteiger partial charge in [0.05, 0.1) is 12.0 Å². The van der Waals surface area contributed by atoms with Crippen molar-refractivity contribution in [3.8, 4) is 5.75 Å². The van der Waals surface area contributed by atoms with Crippen molar-refractivity contribution in [2.24, 2.45) is 0 Å². The number of amides is 1. The number of aromatic hydroxyl groups is 1. The molecule has 0 saturated carbocycles. The second kappa shape index (κ2) is 5.94. The number of phenolic OH excluding ortho intramolecular Hbond substituents is 1. The maximum absolute atomic E-state index is 12.2. The highest BCUT2D eigenvalue weighted by Crippen LogP contribution is 2.32. The summed E-state index contributed by atoms with van der Waals surface area (Å²) < 4.78 is 0. The molecule has 108 valence electrons. The quantitative estimate of drug-likeness (QED) is 0.880. The Balaban J connectivity index is 2.20. The van der Waals surface area contributed by atoms with E-state index >= 15 is 0 Å². The molecule has 1 aromatic rings. The molecule has 0 fully saturated rings. The van der Waals surface area contributed by atoms with E-state index in [2.05, 4.69) is 0 Å². The number of phenols is 1. The molecule has 1 aliphatic rings. The zero-order valence-corrected chi connectivity index (χ0v) is 11.6. The third-order valence-corrected chi connectivity index (χ3v) is 3.74. The van der Waals surface area contributed by atoms with Crippen LogP contribution in [0.4, 0.5) is 0 Å². The first-order chi connectivity index (χ1) is 9.50. The molecule has 5 nitrogen and oxygen atoms in total. The number of hydrogen-bond acceptors (Lipinski definition) is 3. The maximum atomic E-state index is 12.2. The molecular weight excluding hydrogens is 258 g/mol. The first-order valence-corrected chi connectivity index (χ1v) is 6.81. The van der Waals surface area contributed by atoms with E-state index in [9.17, 15) is 14.7 Å². The summed E-state index contributed by atoms with van der Waals surface area (Å²) in [6, 6.07) is 3.53. The van der Waals surface area contributed by atoms with Crippen LogP contribution >= 0.6 is 0 Å². The Kier molecular flexibility index (Phi) is 4.27. The number of benzene rings is 1. The zero-order valence-electron chi connectivity index (χ0n) is 11.6. The molecule has 5 heteroatoms. The van der Waals surface area contributed by atoms with Crippen LogP contribution in [0.25, 0.3) is 0 Å². The minimum absolute atomic E-state index is 0.0642. The molecule has 0 spiro atoms. The molecule has 0 aliphatic heterocycles. The second-order valence-corrected chi connectivity index (χ2v) is 5.18. The molecule has 1 amide bonds. The standard InChI is InChI=1S/C15H19NO4/c1-16(9-8-13(17)18)15(20)12-7-6-10-4-2-3-5-11(10)14(12)19/h6-7,19H,2-5,8-9H2,1H3,(H,17,18). The predicted molar refractivity (Wildman–Crippen MR) is 74.0 cm³/mol. The summed E-state index contributed by atoms with van der Waals surface area (Å²) in [6.07, 6.45) is 3.76. The predicted octanol–water partition coefficient (Wildman–Crippen LogP) is 1.82. The Morgan fingerprint density at radius 2 is 1.95 bits per heavy atom. The van der Waals surface area contributed by atoms with Crippen molar-refractivity contribution in [3.63, 3.8) is 0 Å². The molecule has 2 N–H and O–H groups in total. The van der Waals surface area contributed by atoms with Crippen molar-refractivity contribution in [1.29, 1.82) is 0 Å². The molecule has 0 saturated heterocycles. The van der Waals surface area contributed by atoms with Crippen LogP contribution in [0.5, 0.6) is 5.75 Å². The molecule has 2 rings (SSSR count). The number of carbonyl (C=O) groups excluding carboxylic acids is 1. The number of fused-ring (bicyclic) bond motifs is 1. The van der Waals surface area contributed by atoms with Gasteiger partial charge in [0, 0.05) is 13.6 Å². The van der Waals surface area contributed by atoms with E-state index < -0.39 is 5.97 Å². The van der Waals surface area contributed by atoms with E-state index in [1.807, 2.05) is 6.07 Å². The van der Waals surface area contributed by atoms with E-state index in [-0.39, 0.29) is 30.2 Å². The SMILES string of the molecule is CN(CCC(=O)O)C(=O)c1ccc2c(c1O)CCCC2. The van der Waals surface area contributed by atoms with Gasteiger partial charge in [0.1, 0.15) is 5.75 Å². The fraction of sp³-hybridized carbons (Fsp3) is 0.467. The van der Waals surface area contributed by atoms with Crippen LogP contribution in [0.3, 0.4) is 0 Å². The second-order valence-electron chi connectivity index (χ2n) is 5.18. The Labute approximate surface area is 117 Å². The largest absolute Gasteiger partial charge is 0.507 e. The van der Waals surface area contributed by atoms with Gasteiger partial charge in [-0.15, -0.1) is 0 Å². The molecule has 0 aromatic heterocycles. The van der Waals surface area contributed by atoms with Gasteiger partial charge in [-0.3, -0.25) is 9.59 Å². The average Bonchev–Trinajstić information content (AvgIpc) is 2.44. The highest BCUT2D eigenvalue weighted by molar-refractivity contribution is 5.97. The highest BCUT2D eigenvalue weighted by atomic mass is 16.4. The minimum Gasteiger partial charge on any atom is -0.507 e. The molecule has 1 aromatic carbocycles. The number of carboxylic acid groups (broad SMARTS) is 1. The maximum Gasteiger partial charge on any atom is 0.305 e. The van der Waals surface area contributed by atoms with Gasteiger partial charge in [-0.05, 0) is 42.9 Å². The number of carboxylic acids is 1. The summed E-state index contributed by atoms with van der Waals surface area (Å²) in [4.78, 5) is 24.1. The van der Waals surface area contributed by atoms with Crippen LogP contribution in [0.15, 0.2) is 12.1 Å². The Morgan fingerprint density at radius 1 is 1.25 bits per heavy atom. The third kappa shape index (κ3) is 2.92. The van der Waals surface area contributed by atoms with Crippen molar-refractivity contribution >= 4 is 11.9 Å². The topological polar surface area (TPSA) is 77.8 Å². The Hall–Kier alpha value is -2.04. The van der Waals surface area contributed by atoms with E-state index in [0.29, 0.717) is 0 Å². The molecule has 0 radical (unpaired) electrons. The van der Waals surface area contributed by atoms with E-state index in [4.69, 9.17) is 5.11 Å². The summed E-state index contributed by atoms with van der Waals surface area (Å²) in [5, 5.41) is 18.9. The van der Waals surface area contributed by atoms with Crippen molar-refractivity contribution in [2.45, 2.75) is 32.1 Å². The van der Waals surface area contributed by atoms with Crippen LogP contribution in [0, 0.1) is 0 Å². The summed E-state index contributed by atoms with van der Waals surface area (Å²) in [5.41, 5.74) is 2.24. The van der Waals surface area contributed by atoms with Crippen LogP contribution < -0.4 is 0 Å². The highest BCUT2D eigenvalue weighted by Gasteiger charge is 2.21. The Bertz CT molecular complexity index is 539. The molecule has 1 aliphatic carbocycles. The molecule has 0 heterocycles. The van der Waals surface area contributed by atoms with Crippen LogP contribution in [-0.2, 0) is 17.6 Å². The van der Waals surface area contributed by atoms with Gasteiger partial charge in [-0.25, -0.2) is 0 Å². The van der Waals surface area contributed by atoms with Gasteiger partial charge in [-0.1, -0.05) is 6.07 Å². The zero-order chi connectivity index (χ0) is 14.7. The van der Waals surface area contributed by atoms with Gasteiger partial charge in [0.15, 0.2) is 0 Å². The molecule has 0 bridgehead atoms. The van der Waals surface area contributed by atoms with Crippen LogP contribution in [0.2, 0.25) is 0 Å². The van der Waals surface area contributed by atoms with Gasteiger partial charge in [0.25, 0.3) is 5.91 Å². The smallest absolute Gasteiger partial charge is 0.305 e. The van der Waals surface area contributed by atoms with Crippen molar-refractivity contribution < 1.29 is 19.8 Å². The number of rotatable bonds is 4. The first kappa shape index (κ1) is 14.4. The fourth-order valence-corrected chi connectivity index (χ4v) is 2.55. The number of nitrogens with zero attached hydrogens (tertiary/aromatic N) is 1. The van der Waals surface area contributed by atoms with Gasteiger partial charge in [-0.2, -0.15) is 0 Å². The lowest BCUT2D eigenvalue weighted by Gasteiger charge is -2.21. The summed E-state index contributed by atoms with van der Waals surface area (Å²) in [5.74, 6) is -1.22. The lowest BCUT2D eigenvalue weighted by molar-refractivity contribution is -0.137. The van der Waals surface area contributed by atoms with Gasteiger partial charge < -0.3 is 15.1 Å². The lowest BCUT2D eigenvalue weighted by atomic mass is 9.89. The minimum atomic E-state index is -0.945. The van der Waals surface area contributed by atoms with Crippen LogP contribution in [-0.4, -0.2) is 40.6 Å². The van der Waals surface area contributed by atoms with Gasteiger partial charge in [0.2, 0.25) is 0 Å². The van der Waals surface area contributed by atoms with E-state index in [1.54, 1.807) is 13.1 Å². The molecule has 20 heavy (non-hydrogen) atoms. The summed E-state index contributed by atoms with van der Waals surface area (Å²) in [7, 11) is 1.55. The fourth-order valence-electron chi connectivity index (χ4n) is 2.55. The van der Waals surface area contributed by atoms with Crippen molar-refractivity contribution in [2.75, 3.05) is 13.6 Å². The molecule has 0 atom stereocenters. The monoisotopic (exact) mass is 277 g/mol. The number of hydrogen-bond donors (Lipinski definition) is 2. The normalized spacial score (nSPS) is 13.7. The number of aliphatic carboxylic acids is 1. The first-order valence-electron chi connectivity index (χ1n) is 6.81. The summed E-state index contributed by atoms with van der Waals surface area (Å²) >= 11 is 0. The number of carbonyl (C=O) groups is 2. The Morgan fingerprint density at radius 3 is 2.65 bits per heavy atom.